The fraction of sp³-hybridized carbons (Fsp3) is 0.300. The third-order valence-corrected chi connectivity index (χ3v) is 7.03. The molecule has 2 amide bonds. The first-order valence-electron chi connectivity index (χ1n) is 9.23. The van der Waals surface area contributed by atoms with Gasteiger partial charge in [-0.25, -0.2) is 8.42 Å². The van der Waals surface area contributed by atoms with E-state index in [1.54, 1.807) is 18.2 Å². The second kappa shape index (κ2) is 10.9. The maximum atomic E-state index is 13.3. The minimum absolute atomic E-state index is 0.00874. The first kappa shape index (κ1) is 26.5. The molecule has 0 spiro atoms. The Hall–Kier alpha value is -1.71. The zero-order chi connectivity index (χ0) is 24.2. The molecule has 174 valence electrons. The van der Waals surface area contributed by atoms with Crippen molar-refractivity contribution in [2.24, 2.45) is 0 Å². The lowest BCUT2D eigenvalue weighted by Gasteiger charge is -2.31. The summed E-state index contributed by atoms with van der Waals surface area (Å²) in [5, 5.41) is 3.46. The predicted molar refractivity (Wildman–Crippen MR) is 129 cm³/mol. The van der Waals surface area contributed by atoms with Gasteiger partial charge in [-0.3, -0.25) is 13.9 Å². The molecule has 0 heterocycles. The lowest BCUT2D eigenvalue weighted by molar-refractivity contribution is -0.139. The van der Waals surface area contributed by atoms with Crippen LogP contribution in [0.2, 0.25) is 20.1 Å². The molecule has 0 aliphatic rings. The number of likely N-dealkylation sites (N-methyl/N-ethyl adjacent to an activating group) is 1. The monoisotopic (exact) mass is 539 g/mol. The number of hydrogen-bond donors (Lipinski definition) is 1. The molecule has 0 bridgehead atoms. The molecule has 0 saturated carbocycles. The molecule has 0 aliphatic heterocycles. The molecule has 0 aliphatic carbocycles. The smallest absolute Gasteiger partial charge is 0.244 e. The van der Waals surface area contributed by atoms with Crippen molar-refractivity contribution >= 4 is 73.9 Å². The summed E-state index contributed by atoms with van der Waals surface area (Å²) < 4.78 is 25.8. The van der Waals surface area contributed by atoms with Crippen molar-refractivity contribution in [3.63, 3.8) is 0 Å². The number of sulfonamides is 1. The van der Waals surface area contributed by atoms with E-state index < -0.39 is 34.4 Å². The summed E-state index contributed by atoms with van der Waals surface area (Å²) in [5.41, 5.74) is 0.660. The molecule has 0 saturated heterocycles. The number of rotatable bonds is 8. The maximum absolute atomic E-state index is 13.3. The van der Waals surface area contributed by atoms with Crippen molar-refractivity contribution < 1.29 is 18.0 Å². The Morgan fingerprint density at radius 2 is 1.62 bits per heavy atom. The van der Waals surface area contributed by atoms with Crippen LogP contribution in [0, 0.1) is 0 Å². The zero-order valence-corrected chi connectivity index (χ0v) is 21.2. The van der Waals surface area contributed by atoms with Gasteiger partial charge in [-0.05, 0) is 42.8 Å². The third kappa shape index (κ3) is 6.65. The number of benzene rings is 2. The summed E-state index contributed by atoms with van der Waals surface area (Å²) in [7, 11) is -2.48. The molecule has 12 heteroatoms. The Morgan fingerprint density at radius 1 is 1.00 bits per heavy atom. The topological polar surface area (TPSA) is 86.8 Å². The Kier molecular flexibility index (Phi) is 9.07. The van der Waals surface area contributed by atoms with E-state index in [4.69, 9.17) is 46.4 Å². The van der Waals surface area contributed by atoms with Crippen LogP contribution in [0.4, 0.5) is 5.69 Å². The Labute approximate surface area is 207 Å². The molecular weight excluding hydrogens is 520 g/mol. The highest BCUT2D eigenvalue weighted by molar-refractivity contribution is 7.92. The molecule has 0 aromatic heterocycles. The summed E-state index contributed by atoms with van der Waals surface area (Å²) in [6.07, 6.45) is 0.947. The number of carbonyl (C=O) groups excluding carboxylic acids is 2. The van der Waals surface area contributed by atoms with Crippen LogP contribution < -0.4 is 9.62 Å². The van der Waals surface area contributed by atoms with Crippen LogP contribution in [-0.4, -0.2) is 51.0 Å². The summed E-state index contributed by atoms with van der Waals surface area (Å²) >= 11 is 24.2. The minimum atomic E-state index is -3.92. The minimum Gasteiger partial charge on any atom is -0.357 e. The van der Waals surface area contributed by atoms with Gasteiger partial charge in [-0.1, -0.05) is 52.5 Å². The van der Waals surface area contributed by atoms with Crippen LogP contribution in [-0.2, 0) is 26.2 Å². The van der Waals surface area contributed by atoms with Crippen molar-refractivity contribution in [1.82, 2.24) is 10.2 Å². The summed E-state index contributed by atoms with van der Waals surface area (Å²) in [6.45, 7) is 0.929. The van der Waals surface area contributed by atoms with E-state index in [1.807, 2.05) is 0 Å². The van der Waals surface area contributed by atoms with E-state index >= 15 is 0 Å². The predicted octanol–water partition coefficient (Wildman–Crippen LogP) is 4.23. The lowest BCUT2D eigenvalue weighted by atomic mass is 10.1. The van der Waals surface area contributed by atoms with Crippen molar-refractivity contribution in [1.29, 1.82) is 0 Å². The quantitative estimate of drug-likeness (QED) is 0.542. The molecule has 7 nitrogen and oxygen atoms in total. The SMILES string of the molecule is CNC(=O)[C@@H](C)N(Cc1ccc(Cl)c(Cl)c1)C(=O)CN(c1cc(Cl)ccc1Cl)S(C)(=O)=O. The van der Waals surface area contributed by atoms with Gasteiger partial charge in [0.25, 0.3) is 0 Å². The van der Waals surface area contributed by atoms with Gasteiger partial charge in [0, 0.05) is 18.6 Å². The number of halogens is 4. The number of hydrogen-bond acceptors (Lipinski definition) is 4. The first-order valence-corrected chi connectivity index (χ1v) is 12.6. The van der Waals surface area contributed by atoms with Gasteiger partial charge in [-0.15, -0.1) is 0 Å². The molecule has 1 atom stereocenters. The number of carbonyl (C=O) groups is 2. The summed E-state index contributed by atoms with van der Waals surface area (Å²) in [4.78, 5) is 26.8. The molecule has 2 aromatic rings. The van der Waals surface area contributed by atoms with Crippen LogP contribution in [0.5, 0.6) is 0 Å². The largest absolute Gasteiger partial charge is 0.357 e. The second-order valence-electron chi connectivity index (χ2n) is 6.93. The van der Waals surface area contributed by atoms with Crippen molar-refractivity contribution in [3.05, 3.63) is 62.1 Å². The lowest BCUT2D eigenvalue weighted by Crippen LogP contribution is -2.50. The molecule has 2 aromatic carbocycles. The summed E-state index contributed by atoms with van der Waals surface area (Å²) in [6, 6.07) is 8.18. The highest BCUT2D eigenvalue weighted by Crippen LogP contribution is 2.31. The van der Waals surface area contributed by atoms with Gasteiger partial charge in [0.1, 0.15) is 12.6 Å². The number of anilines is 1. The van der Waals surface area contributed by atoms with Crippen molar-refractivity contribution in [2.75, 3.05) is 24.2 Å². The third-order valence-electron chi connectivity index (χ3n) is 4.61. The fourth-order valence-corrected chi connectivity index (χ4v) is 4.51. The molecule has 32 heavy (non-hydrogen) atoms. The highest BCUT2D eigenvalue weighted by atomic mass is 35.5. The van der Waals surface area contributed by atoms with Crippen LogP contribution in [0.15, 0.2) is 36.4 Å². The zero-order valence-electron chi connectivity index (χ0n) is 17.4. The average Bonchev–Trinajstić information content (AvgIpc) is 2.72. The van der Waals surface area contributed by atoms with Crippen LogP contribution in [0.3, 0.4) is 0 Å². The van der Waals surface area contributed by atoms with Gasteiger partial charge >= 0.3 is 0 Å². The molecular formula is C20H21Cl4N3O4S. The average molecular weight is 541 g/mol. The normalized spacial score (nSPS) is 12.2. The van der Waals surface area contributed by atoms with Gasteiger partial charge in [0.2, 0.25) is 21.8 Å². The number of nitrogens with zero attached hydrogens (tertiary/aromatic N) is 2. The van der Waals surface area contributed by atoms with E-state index in [9.17, 15) is 18.0 Å². The van der Waals surface area contributed by atoms with E-state index in [1.165, 1.54) is 37.1 Å². The number of nitrogens with one attached hydrogen (secondary N) is 1. The van der Waals surface area contributed by atoms with Crippen LogP contribution in [0.25, 0.3) is 0 Å². The Bertz CT molecular complexity index is 1130. The van der Waals surface area contributed by atoms with E-state index in [2.05, 4.69) is 5.32 Å². The van der Waals surface area contributed by atoms with Crippen LogP contribution in [0.1, 0.15) is 12.5 Å². The van der Waals surface area contributed by atoms with E-state index in [0.717, 1.165) is 10.6 Å². The molecule has 1 N–H and O–H groups in total. The van der Waals surface area contributed by atoms with E-state index in [-0.39, 0.29) is 27.3 Å². The van der Waals surface area contributed by atoms with Crippen molar-refractivity contribution in [3.8, 4) is 0 Å². The van der Waals surface area contributed by atoms with Crippen molar-refractivity contribution in [2.45, 2.75) is 19.5 Å². The van der Waals surface area contributed by atoms with Crippen LogP contribution >= 0.6 is 46.4 Å². The molecule has 0 radical (unpaired) electrons. The molecule has 2 rings (SSSR count). The summed E-state index contributed by atoms with van der Waals surface area (Å²) in [5.74, 6) is -1.06. The molecule has 0 unspecified atom stereocenters. The molecule has 0 fully saturated rings. The Balaban J connectivity index is 2.44. The maximum Gasteiger partial charge on any atom is 0.244 e. The second-order valence-corrected chi connectivity index (χ2v) is 10.5. The van der Waals surface area contributed by atoms with Gasteiger partial charge in [0.15, 0.2) is 0 Å². The first-order chi connectivity index (χ1) is 14.8. The fourth-order valence-electron chi connectivity index (χ4n) is 2.90. The number of amides is 2. The highest BCUT2D eigenvalue weighted by Gasteiger charge is 2.30. The standard InChI is InChI=1S/C20H21Cl4N3O4S/c1-12(20(29)25-2)26(10-13-4-6-15(22)17(24)8-13)19(28)11-27(32(3,30)31)18-9-14(21)5-7-16(18)23/h4-9,12H,10-11H2,1-3H3,(H,25,29)/t12-/m1/s1. The van der Waals surface area contributed by atoms with Gasteiger partial charge in [0.05, 0.1) is 27.0 Å². The van der Waals surface area contributed by atoms with Gasteiger partial charge < -0.3 is 10.2 Å². The Morgan fingerprint density at radius 3 is 2.19 bits per heavy atom. The van der Waals surface area contributed by atoms with Gasteiger partial charge in [-0.2, -0.15) is 0 Å². The van der Waals surface area contributed by atoms with E-state index in [0.29, 0.717) is 10.6 Å².